The zero-order valence-electron chi connectivity index (χ0n) is 18.0. The van der Waals surface area contributed by atoms with Crippen molar-refractivity contribution in [3.05, 3.63) is 41.5 Å². The van der Waals surface area contributed by atoms with Crippen LogP contribution in [-0.2, 0) is 11.3 Å². The Labute approximate surface area is 176 Å². The summed E-state index contributed by atoms with van der Waals surface area (Å²) in [6, 6.07) is 7.07. The predicted octanol–water partition coefficient (Wildman–Crippen LogP) is 3.07. The molecule has 1 amide bonds. The number of rotatable bonds is 10. The summed E-state index contributed by atoms with van der Waals surface area (Å²) < 4.78 is 31.9. The summed E-state index contributed by atoms with van der Waals surface area (Å²) in [5.74, 6) is 2.78. The van der Waals surface area contributed by atoms with Gasteiger partial charge in [-0.15, -0.1) is 0 Å². The van der Waals surface area contributed by atoms with Crippen LogP contribution in [0.1, 0.15) is 11.1 Å². The van der Waals surface area contributed by atoms with E-state index in [1.165, 1.54) is 34.5 Å². The molecule has 8 nitrogen and oxygen atoms in total. The van der Waals surface area contributed by atoms with Crippen molar-refractivity contribution in [3.63, 3.8) is 0 Å². The number of methoxy groups -OCH3 is 6. The fraction of sp³-hybridized carbons (Fsp3) is 0.318. The van der Waals surface area contributed by atoms with Gasteiger partial charge in [0.2, 0.25) is 17.4 Å². The average molecular weight is 417 g/mol. The van der Waals surface area contributed by atoms with Crippen molar-refractivity contribution in [1.82, 2.24) is 5.32 Å². The smallest absolute Gasteiger partial charge is 0.244 e. The molecule has 0 radical (unpaired) electrons. The second-order valence-corrected chi connectivity index (χ2v) is 6.04. The fourth-order valence-corrected chi connectivity index (χ4v) is 2.86. The molecule has 30 heavy (non-hydrogen) atoms. The summed E-state index contributed by atoms with van der Waals surface area (Å²) in [5, 5.41) is 2.82. The summed E-state index contributed by atoms with van der Waals surface area (Å²) in [5.41, 5.74) is 1.53. The largest absolute Gasteiger partial charge is 0.493 e. The number of hydrogen-bond donors (Lipinski definition) is 1. The molecule has 0 spiro atoms. The number of nitrogens with one attached hydrogen (secondary N) is 1. The number of carbonyl (C=O) groups is 1. The van der Waals surface area contributed by atoms with Gasteiger partial charge in [-0.3, -0.25) is 4.79 Å². The zero-order valence-corrected chi connectivity index (χ0v) is 18.0. The Bertz CT molecular complexity index is 858. The van der Waals surface area contributed by atoms with E-state index in [0.717, 1.165) is 11.1 Å². The molecule has 0 aliphatic carbocycles. The van der Waals surface area contributed by atoms with E-state index >= 15 is 0 Å². The second-order valence-electron chi connectivity index (χ2n) is 6.04. The highest BCUT2D eigenvalue weighted by atomic mass is 16.5. The summed E-state index contributed by atoms with van der Waals surface area (Å²) in [6.07, 6.45) is 3.09. The fourth-order valence-electron chi connectivity index (χ4n) is 2.86. The summed E-state index contributed by atoms with van der Waals surface area (Å²) in [7, 11) is 9.23. The molecule has 1 N–H and O–H groups in total. The molecule has 0 aliphatic heterocycles. The number of carbonyl (C=O) groups excluding carboxylic acids is 1. The standard InChI is InChI=1S/C22H27NO7/c1-25-16-9-14(10-17(26-2)21(16)29-5)7-8-20(24)23-13-15-11-18(27-3)22(30-6)19(12-15)28-4/h7-12H,13H2,1-6H3,(H,23,24)/b8-7+. The third kappa shape index (κ3) is 5.28. The average Bonchev–Trinajstić information content (AvgIpc) is 2.79. The molecule has 0 saturated heterocycles. The minimum Gasteiger partial charge on any atom is -0.493 e. The Morgan fingerprint density at radius 2 is 1.17 bits per heavy atom. The predicted molar refractivity (Wildman–Crippen MR) is 113 cm³/mol. The lowest BCUT2D eigenvalue weighted by molar-refractivity contribution is -0.116. The maximum atomic E-state index is 12.3. The molecule has 0 unspecified atom stereocenters. The van der Waals surface area contributed by atoms with E-state index in [1.807, 2.05) is 0 Å². The quantitative estimate of drug-likeness (QED) is 0.595. The number of ether oxygens (including phenoxy) is 6. The molecule has 2 aromatic carbocycles. The van der Waals surface area contributed by atoms with Gasteiger partial charge in [0.15, 0.2) is 23.0 Å². The molecule has 0 fully saturated rings. The van der Waals surface area contributed by atoms with Gasteiger partial charge in [-0.05, 0) is 41.5 Å². The van der Waals surface area contributed by atoms with Crippen molar-refractivity contribution in [1.29, 1.82) is 0 Å². The first-order chi connectivity index (χ1) is 14.5. The zero-order chi connectivity index (χ0) is 22.1. The van der Waals surface area contributed by atoms with Gasteiger partial charge in [0.25, 0.3) is 0 Å². The molecule has 0 saturated carbocycles. The Morgan fingerprint density at radius 1 is 0.733 bits per heavy atom. The van der Waals surface area contributed by atoms with Crippen LogP contribution in [0.3, 0.4) is 0 Å². The van der Waals surface area contributed by atoms with Gasteiger partial charge < -0.3 is 33.7 Å². The lowest BCUT2D eigenvalue weighted by atomic mass is 10.1. The minimum absolute atomic E-state index is 0.266. The topological polar surface area (TPSA) is 84.5 Å². The first kappa shape index (κ1) is 22.7. The third-order valence-electron chi connectivity index (χ3n) is 4.31. The van der Waals surface area contributed by atoms with Crippen molar-refractivity contribution in [2.75, 3.05) is 42.7 Å². The van der Waals surface area contributed by atoms with Gasteiger partial charge in [-0.1, -0.05) is 0 Å². The highest BCUT2D eigenvalue weighted by Gasteiger charge is 2.14. The monoisotopic (exact) mass is 417 g/mol. The lowest BCUT2D eigenvalue weighted by Crippen LogP contribution is -2.20. The molecule has 162 valence electrons. The lowest BCUT2D eigenvalue weighted by Gasteiger charge is -2.14. The van der Waals surface area contributed by atoms with Crippen LogP contribution >= 0.6 is 0 Å². The number of amides is 1. The normalized spacial score (nSPS) is 10.5. The molecule has 8 heteroatoms. The van der Waals surface area contributed by atoms with E-state index in [0.29, 0.717) is 34.5 Å². The Morgan fingerprint density at radius 3 is 1.57 bits per heavy atom. The van der Waals surface area contributed by atoms with Crippen LogP contribution in [0.4, 0.5) is 0 Å². The highest BCUT2D eigenvalue weighted by molar-refractivity contribution is 5.91. The van der Waals surface area contributed by atoms with E-state index in [-0.39, 0.29) is 12.5 Å². The van der Waals surface area contributed by atoms with E-state index in [9.17, 15) is 4.79 Å². The van der Waals surface area contributed by atoms with Crippen LogP contribution in [-0.4, -0.2) is 48.6 Å². The van der Waals surface area contributed by atoms with Crippen LogP contribution in [0.15, 0.2) is 30.3 Å². The van der Waals surface area contributed by atoms with Crippen LogP contribution < -0.4 is 33.7 Å². The molecule has 0 aliphatic rings. The maximum Gasteiger partial charge on any atom is 0.244 e. The van der Waals surface area contributed by atoms with Crippen molar-refractivity contribution in [3.8, 4) is 34.5 Å². The number of hydrogen-bond acceptors (Lipinski definition) is 7. The van der Waals surface area contributed by atoms with Crippen molar-refractivity contribution in [2.45, 2.75) is 6.54 Å². The Balaban J connectivity index is 2.12. The first-order valence-electron chi connectivity index (χ1n) is 9.06. The third-order valence-corrected chi connectivity index (χ3v) is 4.31. The second kappa shape index (κ2) is 10.8. The van der Waals surface area contributed by atoms with Gasteiger partial charge in [0.05, 0.1) is 42.7 Å². The van der Waals surface area contributed by atoms with E-state index in [1.54, 1.807) is 44.6 Å². The molecular formula is C22H27NO7. The van der Waals surface area contributed by atoms with Gasteiger partial charge >= 0.3 is 0 Å². The highest BCUT2D eigenvalue weighted by Crippen LogP contribution is 2.39. The van der Waals surface area contributed by atoms with Crippen LogP contribution in [0, 0.1) is 0 Å². The van der Waals surface area contributed by atoms with Gasteiger partial charge in [0.1, 0.15) is 0 Å². The first-order valence-corrected chi connectivity index (χ1v) is 9.06. The van der Waals surface area contributed by atoms with Crippen molar-refractivity contribution in [2.24, 2.45) is 0 Å². The molecule has 0 heterocycles. The van der Waals surface area contributed by atoms with E-state index < -0.39 is 0 Å². The van der Waals surface area contributed by atoms with Crippen molar-refractivity contribution >= 4 is 12.0 Å². The molecule has 2 rings (SSSR count). The van der Waals surface area contributed by atoms with Crippen molar-refractivity contribution < 1.29 is 33.2 Å². The van der Waals surface area contributed by atoms with E-state index in [4.69, 9.17) is 28.4 Å². The van der Waals surface area contributed by atoms with Gasteiger partial charge in [0, 0.05) is 12.6 Å². The number of benzene rings is 2. The summed E-state index contributed by atoms with van der Waals surface area (Å²) >= 11 is 0. The molecule has 0 bridgehead atoms. The molecule has 0 aromatic heterocycles. The molecular weight excluding hydrogens is 390 g/mol. The maximum absolute atomic E-state index is 12.3. The molecule has 0 atom stereocenters. The summed E-state index contributed by atoms with van der Waals surface area (Å²) in [4.78, 5) is 12.3. The minimum atomic E-state index is -0.266. The van der Waals surface area contributed by atoms with Gasteiger partial charge in [-0.25, -0.2) is 0 Å². The van der Waals surface area contributed by atoms with Crippen LogP contribution in [0.25, 0.3) is 6.08 Å². The van der Waals surface area contributed by atoms with Crippen LogP contribution in [0.2, 0.25) is 0 Å². The SMILES string of the molecule is COc1cc(/C=C/C(=O)NCc2cc(OC)c(OC)c(OC)c2)cc(OC)c1OC. The summed E-state index contributed by atoms with van der Waals surface area (Å²) in [6.45, 7) is 0.287. The van der Waals surface area contributed by atoms with Crippen LogP contribution in [0.5, 0.6) is 34.5 Å². The Hall–Kier alpha value is -3.55. The van der Waals surface area contributed by atoms with Gasteiger partial charge in [-0.2, -0.15) is 0 Å². The van der Waals surface area contributed by atoms with E-state index in [2.05, 4.69) is 5.32 Å². The Kier molecular flexibility index (Phi) is 8.22. The molecule has 2 aromatic rings.